The van der Waals surface area contributed by atoms with Crippen molar-refractivity contribution in [3.63, 3.8) is 0 Å². The Morgan fingerprint density at radius 2 is 1.82 bits per heavy atom. The molecular weight excluding hydrogens is 428 g/mol. The van der Waals surface area contributed by atoms with Crippen LogP contribution in [0.3, 0.4) is 0 Å². The van der Waals surface area contributed by atoms with Crippen molar-refractivity contribution in [2.45, 2.75) is 109 Å². The lowest BCUT2D eigenvalue weighted by Crippen LogP contribution is -2.48. The lowest BCUT2D eigenvalue weighted by Gasteiger charge is -2.53. The van der Waals surface area contributed by atoms with Crippen LogP contribution in [0.4, 0.5) is 0 Å². The van der Waals surface area contributed by atoms with Gasteiger partial charge in [-0.15, -0.1) is 0 Å². The molecule has 0 bridgehead atoms. The van der Waals surface area contributed by atoms with Gasteiger partial charge in [0.2, 0.25) is 0 Å². The lowest BCUT2D eigenvalue weighted by molar-refractivity contribution is -0.155. The molecule has 1 N–H and O–H groups in total. The number of ether oxygens (including phenoxy) is 1. The minimum absolute atomic E-state index is 0.0834. The first kappa shape index (κ1) is 24.9. The topological polar surface area (TPSA) is 46.5 Å². The van der Waals surface area contributed by atoms with Crippen molar-refractivity contribution in [3.8, 4) is 5.75 Å². The van der Waals surface area contributed by atoms with Gasteiger partial charge in [-0.2, -0.15) is 12.6 Å². The van der Waals surface area contributed by atoms with Crippen LogP contribution in [0.1, 0.15) is 108 Å². The third-order valence-electron chi connectivity index (χ3n) is 9.34. The van der Waals surface area contributed by atoms with Crippen molar-refractivity contribution < 1.29 is 14.6 Å². The number of carbonyl (C=O) groups excluding carboxylic acids is 1. The minimum Gasteiger partial charge on any atom is -0.508 e. The molecule has 0 aromatic heterocycles. The molecule has 0 saturated heterocycles. The number of fused-ring (bicyclic) bond motifs is 5. The zero-order valence-electron chi connectivity index (χ0n) is 20.7. The first-order valence-electron chi connectivity index (χ1n) is 13.5. The van der Waals surface area contributed by atoms with Crippen molar-refractivity contribution in [2.24, 2.45) is 23.2 Å². The predicted molar refractivity (Wildman–Crippen MR) is 138 cm³/mol. The molecule has 0 aliphatic heterocycles. The molecule has 4 rings (SSSR count). The molecule has 2 saturated carbocycles. The molecule has 33 heavy (non-hydrogen) atoms. The Labute approximate surface area is 206 Å². The summed E-state index contributed by atoms with van der Waals surface area (Å²) in [4.78, 5) is 11.8. The summed E-state index contributed by atoms with van der Waals surface area (Å²) >= 11 is 4.31. The van der Waals surface area contributed by atoms with Crippen LogP contribution >= 0.6 is 12.6 Å². The molecule has 4 unspecified atom stereocenters. The van der Waals surface area contributed by atoms with Gasteiger partial charge in [-0.3, -0.25) is 4.79 Å². The molecule has 4 heteroatoms. The molecular formula is C29H44O3S. The summed E-state index contributed by atoms with van der Waals surface area (Å²) in [5.41, 5.74) is 2.98. The monoisotopic (exact) mass is 472 g/mol. The fourth-order valence-corrected chi connectivity index (χ4v) is 8.03. The molecule has 3 nitrogen and oxygen atoms in total. The number of hydrogen-bond donors (Lipinski definition) is 2. The maximum absolute atomic E-state index is 11.8. The fraction of sp³-hybridized carbons (Fsp3) is 0.759. The number of aromatic hydroxyl groups is 1. The van der Waals surface area contributed by atoms with Crippen LogP contribution in [0, 0.1) is 23.2 Å². The van der Waals surface area contributed by atoms with Crippen molar-refractivity contribution in [2.75, 3.05) is 5.75 Å². The average molecular weight is 473 g/mol. The molecule has 0 radical (unpaired) electrons. The molecule has 0 spiro atoms. The van der Waals surface area contributed by atoms with Crippen molar-refractivity contribution in [3.05, 3.63) is 29.3 Å². The second-order valence-corrected chi connectivity index (χ2v) is 11.8. The Kier molecular flexibility index (Phi) is 8.36. The highest BCUT2D eigenvalue weighted by Crippen LogP contribution is 2.63. The third kappa shape index (κ3) is 5.41. The number of thiol groups is 1. The van der Waals surface area contributed by atoms with Crippen LogP contribution in [0.5, 0.6) is 5.75 Å². The van der Waals surface area contributed by atoms with Gasteiger partial charge < -0.3 is 9.84 Å². The van der Waals surface area contributed by atoms with E-state index in [1.807, 2.05) is 12.1 Å². The van der Waals surface area contributed by atoms with E-state index in [1.165, 1.54) is 75.3 Å². The maximum atomic E-state index is 11.8. The summed E-state index contributed by atoms with van der Waals surface area (Å²) < 4.78 is 5.86. The number of phenolic OH excluding ortho intramolecular Hbond substituents is 1. The molecule has 3 aliphatic carbocycles. The molecule has 184 valence electrons. The molecule has 1 aromatic carbocycles. The van der Waals surface area contributed by atoms with E-state index in [-0.39, 0.29) is 17.5 Å². The highest BCUT2D eigenvalue weighted by molar-refractivity contribution is 7.80. The van der Waals surface area contributed by atoms with Crippen LogP contribution in [0.2, 0.25) is 0 Å². The smallest absolute Gasteiger partial charge is 0.302 e. The number of esters is 1. The number of hydrogen-bond acceptors (Lipinski definition) is 4. The second-order valence-electron chi connectivity index (χ2n) is 11.3. The standard InChI is InChI=1S/C29H44O3S/c1-20(30)32-27-14-13-26-28-21(10-8-6-4-3-5-7-9-17-33)18-22-19-23(31)11-12-24(22)25(28)15-16-29(26,27)2/h11-12,19,21,25-28,31,33H,3-10,13-18H2,1-2H3/t21?,25?,26?,27-,28?,29-/m0/s1. The van der Waals surface area contributed by atoms with Gasteiger partial charge in [0.25, 0.3) is 0 Å². The van der Waals surface area contributed by atoms with Gasteiger partial charge in [-0.05, 0) is 97.6 Å². The van der Waals surface area contributed by atoms with E-state index >= 15 is 0 Å². The number of carbonyl (C=O) groups is 1. The summed E-state index contributed by atoms with van der Waals surface area (Å²) in [6.45, 7) is 3.97. The number of phenols is 1. The Hall–Kier alpha value is -1.16. The third-order valence-corrected chi connectivity index (χ3v) is 9.66. The largest absolute Gasteiger partial charge is 0.508 e. The Bertz CT molecular complexity index is 808. The van der Waals surface area contributed by atoms with Crippen molar-refractivity contribution >= 4 is 18.6 Å². The van der Waals surface area contributed by atoms with E-state index in [1.54, 1.807) is 6.92 Å². The number of rotatable bonds is 10. The van der Waals surface area contributed by atoms with E-state index < -0.39 is 0 Å². The summed E-state index contributed by atoms with van der Waals surface area (Å²) in [6, 6.07) is 6.11. The zero-order chi connectivity index (χ0) is 23.4. The summed E-state index contributed by atoms with van der Waals surface area (Å²) in [7, 11) is 0. The summed E-state index contributed by atoms with van der Waals surface area (Å²) in [5.74, 6) is 3.87. The van der Waals surface area contributed by atoms with E-state index in [0.29, 0.717) is 29.4 Å². The van der Waals surface area contributed by atoms with Gasteiger partial charge in [-0.25, -0.2) is 0 Å². The predicted octanol–water partition coefficient (Wildman–Crippen LogP) is 7.46. The lowest BCUT2D eigenvalue weighted by atomic mass is 9.52. The highest BCUT2D eigenvalue weighted by Gasteiger charge is 2.57. The van der Waals surface area contributed by atoms with Gasteiger partial charge in [0, 0.05) is 12.3 Å². The molecule has 3 aliphatic rings. The first-order valence-corrected chi connectivity index (χ1v) is 14.2. The van der Waals surface area contributed by atoms with Crippen LogP contribution in [0.25, 0.3) is 0 Å². The van der Waals surface area contributed by atoms with Crippen molar-refractivity contribution in [1.29, 1.82) is 0 Å². The number of unbranched alkanes of at least 4 members (excludes halogenated alkanes) is 6. The Morgan fingerprint density at radius 1 is 1.09 bits per heavy atom. The van der Waals surface area contributed by atoms with Gasteiger partial charge >= 0.3 is 5.97 Å². The van der Waals surface area contributed by atoms with E-state index in [0.717, 1.165) is 25.0 Å². The quantitative estimate of drug-likeness (QED) is 0.211. The molecule has 0 amide bonds. The van der Waals surface area contributed by atoms with Gasteiger partial charge in [0.1, 0.15) is 11.9 Å². The zero-order valence-corrected chi connectivity index (χ0v) is 21.6. The van der Waals surface area contributed by atoms with Crippen molar-refractivity contribution in [1.82, 2.24) is 0 Å². The van der Waals surface area contributed by atoms with E-state index in [4.69, 9.17) is 4.74 Å². The van der Waals surface area contributed by atoms with Crippen LogP contribution in [0.15, 0.2) is 18.2 Å². The van der Waals surface area contributed by atoms with E-state index in [2.05, 4.69) is 25.6 Å². The van der Waals surface area contributed by atoms with Gasteiger partial charge in [-0.1, -0.05) is 51.5 Å². The second kappa shape index (κ2) is 11.1. The Balaban J connectivity index is 1.46. The normalized spacial score (nSPS) is 32.6. The maximum Gasteiger partial charge on any atom is 0.302 e. The van der Waals surface area contributed by atoms with Crippen LogP contribution in [-0.2, 0) is 16.0 Å². The van der Waals surface area contributed by atoms with Crippen LogP contribution in [-0.4, -0.2) is 22.9 Å². The number of benzene rings is 1. The first-order chi connectivity index (χ1) is 15.9. The summed E-state index contributed by atoms with van der Waals surface area (Å²) in [5, 5.41) is 10.2. The minimum atomic E-state index is -0.126. The fourth-order valence-electron chi connectivity index (χ4n) is 7.81. The molecule has 2 fully saturated rings. The molecule has 0 heterocycles. The van der Waals surface area contributed by atoms with Gasteiger partial charge in [0.05, 0.1) is 0 Å². The summed E-state index contributed by atoms with van der Waals surface area (Å²) in [6.07, 6.45) is 16.2. The highest BCUT2D eigenvalue weighted by atomic mass is 32.1. The van der Waals surface area contributed by atoms with Gasteiger partial charge in [0.15, 0.2) is 0 Å². The van der Waals surface area contributed by atoms with E-state index in [9.17, 15) is 9.90 Å². The SMILES string of the molecule is CC(=O)O[C@H]1CCC2C3C(CCCCCCCCCS)Cc4cc(O)ccc4C3CC[C@@]21C. The molecule has 1 aromatic rings. The average Bonchev–Trinajstić information content (AvgIpc) is 3.10. The Morgan fingerprint density at radius 3 is 2.55 bits per heavy atom. The molecule has 6 atom stereocenters. The van der Waals surface area contributed by atoms with Crippen LogP contribution < -0.4 is 0 Å².